The van der Waals surface area contributed by atoms with Crippen molar-refractivity contribution in [2.75, 3.05) is 32.7 Å². The van der Waals surface area contributed by atoms with Gasteiger partial charge in [0, 0.05) is 48.7 Å². The van der Waals surface area contributed by atoms with E-state index in [9.17, 15) is 0 Å². The van der Waals surface area contributed by atoms with E-state index in [1.165, 1.54) is 55.6 Å². The Morgan fingerprint density at radius 1 is 1.21 bits per heavy atom. The molecule has 0 aliphatic carbocycles. The standard InChI is InChI=1S/C16H21N3/c1-2-4-15-14(3-1)13(9-18-15)5-7-19-8-6-16(12-19)10-17-11-16/h1-4,9,17-18H,5-8,10-12H2. The summed E-state index contributed by atoms with van der Waals surface area (Å²) in [5, 5.41) is 4.82. The predicted octanol–water partition coefficient (Wildman–Crippen LogP) is 2.01. The van der Waals surface area contributed by atoms with Gasteiger partial charge in [0.05, 0.1) is 0 Å². The smallest absolute Gasteiger partial charge is 0.0456 e. The lowest BCUT2D eigenvalue weighted by atomic mass is 9.81. The fourth-order valence-electron chi connectivity index (χ4n) is 3.60. The van der Waals surface area contributed by atoms with Crippen LogP contribution in [0.3, 0.4) is 0 Å². The van der Waals surface area contributed by atoms with Gasteiger partial charge in [0.25, 0.3) is 0 Å². The molecule has 2 saturated heterocycles. The molecule has 0 unspecified atom stereocenters. The first kappa shape index (κ1) is 11.5. The minimum atomic E-state index is 0.625. The fraction of sp³-hybridized carbons (Fsp3) is 0.500. The quantitative estimate of drug-likeness (QED) is 0.879. The molecular weight excluding hydrogens is 234 g/mol. The number of nitrogens with zero attached hydrogens (tertiary/aromatic N) is 1. The topological polar surface area (TPSA) is 31.1 Å². The maximum Gasteiger partial charge on any atom is 0.0456 e. The summed E-state index contributed by atoms with van der Waals surface area (Å²) in [7, 11) is 0. The van der Waals surface area contributed by atoms with E-state index in [0.29, 0.717) is 5.41 Å². The van der Waals surface area contributed by atoms with Gasteiger partial charge >= 0.3 is 0 Å². The number of likely N-dealkylation sites (tertiary alicyclic amines) is 1. The molecular formula is C16H21N3. The zero-order valence-electron chi connectivity index (χ0n) is 11.3. The highest BCUT2D eigenvalue weighted by atomic mass is 15.2. The Bertz CT molecular complexity index is 582. The Kier molecular flexibility index (Phi) is 2.64. The Balaban J connectivity index is 1.42. The second kappa shape index (κ2) is 4.36. The Morgan fingerprint density at radius 3 is 2.89 bits per heavy atom. The molecule has 100 valence electrons. The third-order valence-corrected chi connectivity index (χ3v) is 4.89. The average molecular weight is 255 g/mol. The van der Waals surface area contributed by atoms with Crippen LogP contribution in [0.1, 0.15) is 12.0 Å². The highest BCUT2D eigenvalue weighted by Gasteiger charge is 2.42. The van der Waals surface area contributed by atoms with Crippen LogP contribution in [0.2, 0.25) is 0 Å². The number of para-hydroxylation sites is 1. The molecule has 3 nitrogen and oxygen atoms in total. The van der Waals surface area contributed by atoms with E-state index < -0.39 is 0 Å². The molecule has 3 heteroatoms. The maximum atomic E-state index is 3.43. The van der Waals surface area contributed by atoms with E-state index in [1.807, 2.05) is 0 Å². The highest BCUT2D eigenvalue weighted by Crippen LogP contribution is 2.34. The van der Waals surface area contributed by atoms with Gasteiger partial charge in [-0.05, 0) is 31.0 Å². The molecule has 0 amide bonds. The summed E-state index contributed by atoms with van der Waals surface area (Å²) < 4.78 is 0. The van der Waals surface area contributed by atoms with Crippen molar-refractivity contribution in [3.63, 3.8) is 0 Å². The lowest BCUT2D eigenvalue weighted by molar-refractivity contribution is 0.170. The van der Waals surface area contributed by atoms with Gasteiger partial charge in [0.1, 0.15) is 0 Å². The van der Waals surface area contributed by atoms with Crippen LogP contribution in [0.25, 0.3) is 10.9 Å². The Labute approximate surface area is 114 Å². The molecule has 0 saturated carbocycles. The minimum Gasteiger partial charge on any atom is -0.361 e. The van der Waals surface area contributed by atoms with Crippen LogP contribution in [0.5, 0.6) is 0 Å². The molecule has 4 rings (SSSR count). The number of benzene rings is 1. The molecule has 1 spiro atoms. The van der Waals surface area contributed by atoms with Gasteiger partial charge in [0.15, 0.2) is 0 Å². The number of fused-ring (bicyclic) bond motifs is 1. The third-order valence-electron chi connectivity index (χ3n) is 4.89. The number of hydrogen-bond acceptors (Lipinski definition) is 2. The number of H-pyrrole nitrogens is 1. The first-order valence-electron chi connectivity index (χ1n) is 7.33. The summed E-state index contributed by atoms with van der Waals surface area (Å²) in [4.78, 5) is 6.02. The van der Waals surface area contributed by atoms with E-state index in [0.717, 1.165) is 6.42 Å². The van der Waals surface area contributed by atoms with Crippen LogP contribution in [-0.4, -0.2) is 42.6 Å². The lowest BCUT2D eigenvalue weighted by Crippen LogP contribution is -2.54. The maximum absolute atomic E-state index is 3.43. The summed E-state index contributed by atoms with van der Waals surface area (Å²) in [5.74, 6) is 0. The highest BCUT2D eigenvalue weighted by molar-refractivity contribution is 5.83. The molecule has 2 aromatic rings. The van der Waals surface area contributed by atoms with Crippen LogP contribution in [0.15, 0.2) is 30.5 Å². The number of rotatable bonds is 3. The molecule has 3 heterocycles. The van der Waals surface area contributed by atoms with Crippen LogP contribution in [-0.2, 0) is 6.42 Å². The van der Waals surface area contributed by atoms with Crippen LogP contribution in [0, 0.1) is 5.41 Å². The molecule has 2 aliphatic rings. The zero-order valence-corrected chi connectivity index (χ0v) is 11.3. The molecule has 2 aliphatic heterocycles. The van der Waals surface area contributed by atoms with E-state index in [1.54, 1.807) is 0 Å². The predicted molar refractivity (Wildman–Crippen MR) is 78.4 cm³/mol. The van der Waals surface area contributed by atoms with E-state index in [-0.39, 0.29) is 0 Å². The van der Waals surface area contributed by atoms with E-state index >= 15 is 0 Å². The van der Waals surface area contributed by atoms with Gasteiger partial charge in [0.2, 0.25) is 0 Å². The van der Waals surface area contributed by atoms with Gasteiger partial charge in [-0.1, -0.05) is 18.2 Å². The van der Waals surface area contributed by atoms with Crippen molar-refractivity contribution in [3.05, 3.63) is 36.0 Å². The number of hydrogen-bond donors (Lipinski definition) is 2. The molecule has 2 fully saturated rings. The summed E-state index contributed by atoms with van der Waals surface area (Å²) >= 11 is 0. The van der Waals surface area contributed by atoms with Crippen molar-refractivity contribution in [3.8, 4) is 0 Å². The summed E-state index contributed by atoms with van der Waals surface area (Å²) in [6.45, 7) is 6.24. The molecule has 1 aromatic carbocycles. The van der Waals surface area contributed by atoms with E-state index in [4.69, 9.17) is 0 Å². The zero-order chi connectivity index (χ0) is 12.7. The number of aromatic nitrogens is 1. The SMILES string of the molecule is c1ccc2c(CCN3CCC4(CNC4)C3)c[nH]c2c1. The molecule has 0 atom stereocenters. The second-order valence-electron chi connectivity index (χ2n) is 6.24. The van der Waals surface area contributed by atoms with Crippen LogP contribution >= 0.6 is 0 Å². The summed E-state index contributed by atoms with van der Waals surface area (Å²) in [6.07, 6.45) is 4.73. The van der Waals surface area contributed by atoms with Crippen molar-refractivity contribution >= 4 is 10.9 Å². The molecule has 19 heavy (non-hydrogen) atoms. The Morgan fingerprint density at radius 2 is 2.11 bits per heavy atom. The fourth-order valence-corrected chi connectivity index (χ4v) is 3.60. The van der Waals surface area contributed by atoms with Gasteiger partial charge in [-0.2, -0.15) is 0 Å². The van der Waals surface area contributed by atoms with E-state index in [2.05, 4.69) is 45.7 Å². The van der Waals surface area contributed by atoms with Crippen LogP contribution < -0.4 is 5.32 Å². The van der Waals surface area contributed by atoms with Crippen LogP contribution in [0.4, 0.5) is 0 Å². The number of nitrogens with one attached hydrogen (secondary N) is 2. The first-order chi connectivity index (χ1) is 9.35. The Hall–Kier alpha value is -1.32. The van der Waals surface area contributed by atoms with Gasteiger partial charge < -0.3 is 15.2 Å². The summed E-state index contributed by atoms with van der Waals surface area (Å²) in [6, 6.07) is 8.60. The van der Waals surface area contributed by atoms with Crippen molar-refractivity contribution in [1.82, 2.24) is 15.2 Å². The monoisotopic (exact) mass is 255 g/mol. The van der Waals surface area contributed by atoms with Crippen molar-refractivity contribution in [1.29, 1.82) is 0 Å². The molecule has 1 aromatic heterocycles. The van der Waals surface area contributed by atoms with Crippen molar-refractivity contribution in [2.45, 2.75) is 12.8 Å². The van der Waals surface area contributed by atoms with Crippen molar-refractivity contribution < 1.29 is 0 Å². The molecule has 0 bridgehead atoms. The normalized spacial score (nSPS) is 22.1. The van der Waals surface area contributed by atoms with Crippen molar-refractivity contribution in [2.24, 2.45) is 5.41 Å². The number of aromatic amines is 1. The molecule has 0 radical (unpaired) electrons. The average Bonchev–Trinajstić information content (AvgIpc) is 3.00. The van der Waals surface area contributed by atoms with Gasteiger partial charge in [-0.3, -0.25) is 0 Å². The minimum absolute atomic E-state index is 0.625. The van der Waals surface area contributed by atoms with Gasteiger partial charge in [-0.25, -0.2) is 0 Å². The largest absolute Gasteiger partial charge is 0.361 e. The summed E-state index contributed by atoms with van der Waals surface area (Å²) in [5.41, 5.74) is 3.35. The third kappa shape index (κ3) is 1.97. The molecule has 2 N–H and O–H groups in total. The first-order valence-corrected chi connectivity index (χ1v) is 7.33. The second-order valence-corrected chi connectivity index (χ2v) is 6.24. The lowest BCUT2D eigenvalue weighted by Gasteiger charge is -2.39. The van der Waals surface area contributed by atoms with Gasteiger partial charge in [-0.15, -0.1) is 0 Å².